The van der Waals surface area contributed by atoms with Crippen LogP contribution in [0.25, 0.3) is 0 Å². The van der Waals surface area contributed by atoms with Crippen LogP contribution in [0.3, 0.4) is 0 Å². The molecule has 0 atom stereocenters. The lowest BCUT2D eigenvalue weighted by Gasteiger charge is -2.39. The Hall–Kier alpha value is -3.73. The molecule has 0 bridgehead atoms. The van der Waals surface area contributed by atoms with Crippen molar-refractivity contribution in [1.82, 2.24) is 9.80 Å². The lowest BCUT2D eigenvalue weighted by atomic mass is 9.94. The quantitative estimate of drug-likeness (QED) is 0.587. The van der Waals surface area contributed by atoms with E-state index in [1.165, 1.54) is 0 Å². The molecule has 0 saturated carbocycles. The molecule has 3 amide bonds. The van der Waals surface area contributed by atoms with Crippen LogP contribution in [-0.2, 0) is 4.79 Å². The van der Waals surface area contributed by atoms with Crippen molar-refractivity contribution in [2.45, 2.75) is 25.4 Å². The lowest BCUT2D eigenvalue weighted by Crippen LogP contribution is -2.57. The summed E-state index contributed by atoms with van der Waals surface area (Å²) in [5.74, 6) is -1.20. The first-order valence-corrected chi connectivity index (χ1v) is 10.2. The van der Waals surface area contributed by atoms with E-state index in [-0.39, 0.29) is 11.9 Å². The van der Waals surface area contributed by atoms with E-state index in [2.05, 4.69) is 0 Å². The summed E-state index contributed by atoms with van der Waals surface area (Å²) in [6.07, 6.45) is 0. The Balaban J connectivity index is 1.72. The Bertz CT molecular complexity index is 1070. The number of hydrogen-bond acceptors (Lipinski definition) is 3. The molecular weight excluding hydrogens is 388 g/mol. The van der Waals surface area contributed by atoms with Crippen molar-refractivity contribution in [3.63, 3.8) is 0 Å². The molecule has 0 N–H and O–H groups in total. The van der Waals surface area contributed by atoms with Crippen LogP contribution in [0.4, 0.5) is 0 Å². The maximum Gasteiger partial charge on any atom is 0.262 e. The molecule has 0 aromatic heterocycles. The number of carbonyl (C=O) groups is 3. The fourth-order valence-corrected chi connectivity index (χ4v) is 4.25. The van der Waals surface area contributed by atoms with E-state index < -0.39 is 17.4 Å². The van der Waals surface area contributed by atoms with Gasteiger partial charge in [0.25, 0.3) is 11.8 Å². The van der Waals surface area contributed by atoms with Crippen molar-refractivity contribution in [1.29, 1.82) is 0 Å². The Labute approximate surface area is 181 Å². The third-order valence-corrected chi connectivity index (χ3v) is 5.81. The van der Waals surface area contributed by atoms with E-state index in [9.17, 15) is 14.4 Å². The average Bonchev–Trinajstić information content (AvgIpc) is 3.05. The van der Waals surface area contributed by atoms with Crippen molar-refractivity contribution < 1.29 is 14.4 Å². The first-order chi connectivity index (χ1) is 14.8. The van der Waals surface area contributed by atoms with Crippen LogP contribution in [0.1, 0.15) is 51.7 Å². The van der Waals surface area contributed by atoms with Gasteiger partial charge in [-0.1, -0.05) is 72.8 Å². The molecular formula is C26H24N2O3. The van der Waals surface area contributed by atoms with Gasteiger partial charge in [0, 0.05) is 7.05 Å². The minimum absolute atomic E-state index is 0.320. The Morgan fingerprint density at radius 3 is 1.55 bits per heavy atom. The van der Waals surface area contributed by atoms with Crippen molar-refractivity contribution >= 4 is 17.7 Å². The number of amides is 3. The molecule has 4 rings (SSSR count). The first kappa shape index (κ1) is 20.5. The van der Waals surface area contributed by atoms with Gasteiger partial charge in [0.1, 0.15) is 5.54 Å². The van der Waals surface area contributed by atoms with Crippen LogP contribution >= 0.6 is 0 Å². The third-order valence-electron chi connectivity index (χ3n) is 5.81. The summed E-state index contributed by atoms with van der Waals surface area (Å²) >= 11 is 0. The standard InChI is InChI=1S/C26H24N2O3/c1-26(2,28-23(29)20-16-10-11-17-21(20)24(28)30)25(31)27(3)22(18-12-6-4-7-13-18)19-14-8-5-9-15-19/h4-17,22H,1-3H3. The van der Waals surface area contributed by atoms with Gasteiger partial charge in [-0.05, 0) is 37.1 Å². The maximum absolute atomic E-state index is 13.8. The number of benzene rings is 3. The number of fused-ring (bicyclic) bond motifs is 1. The van der Waals surface area contributed by atoms with Gasteiger partial charge < -0.3 is 4.90 Å². The number of hydrogen-bond donors (Lipinski definition) is 0. The second-order valence-electron chi connectivity index (χ2n) is 8.19. The van der Waals surface area contributed by atoms with Crippen molar-refractivity contribution in [2.75, 3.05) is 7.05 Å². The molecule has 1 aliphatic rings. The number of imide groups is 1. The predicted octanol–water partition coefficient (Wildman–Crippen LogP) is 4.31. The summed E-state index contributed by atoms with van der Waals surface area (Å²) in [7, 11) is 1.72. The first-order valence-electron chi connectivity index (χ1n) is 10.2. The van der Waals surface area contributed by atoms with E-state index in [1.54, 1.807) is 50.1 Å². The van der Waals surface area contributed by atoms with Gasteiger partial charge >= 0.3 is 0 Å². The molecule has 0 aliphatic carbocycles. The number of carbonyl (C=O) groups excluding carboxylic acids is 3. The van der Waals surface area contributed by atoms with Crippen molar-refractivity contribution in [3.8, 4) is 0 Å². The van der Waals surface area contributed by atoms with Gasteiger partial charge in [-0.25, -0.2) is 0 Å². The topological polar surface area (TPSA) is 57.7 Å². The predicted molar refractivity (Wildman–Crippen MR) is 119 cm³/mol. The normalized spacial score (nSPS) is 13.5. The average molecular weight is 412 g/mol. The summed E-state index contributed by atoms with van der Waals surface area (Å²) in [5, 5.41) is 0. The maximum atomic E-state index is 13.8. The summed E-state index contributed by atoms with van der Waals surface area (Å²) in [6, 6.07) is 25.8. The molecule has 0 unspecified atom stereocenters. The highest BCUT2D eigenvalue weighted by atomic mass is 16.2. The highest BCUT2D eigenvalue weighted by Gasteiger charge is 2.49. The van der Waals surface area contributed by atoms with Crippen LogP contribution in [0.5, 0.6) is 0 Å². The van der Waals surface area contributed by atoms with Gasteiger partial charge in [-0.15, -0.1) is 0 Å². The lowest BCUT2D eigenvalue weighted by molar-refractivity contribution is -0.140. The highest BCUT2D eigenvalue weighted by Crippen LogP contribution is 2.34. The number of rotatable bonds is 5. The number of likely N-dealkylation sites (N-methyl/N-ethyl adjacent to an activating group) is 1. The summed E-state index contributed by atoms with van der Waals surface area (Å²) in [4.78, 5) is 42.5. The second-order valence-corrected chi connectivity index (χ2v) is 8.19. The fraction of sp³-hybridized carbons (Fsp3) is 0.192. The Kier molecular flexibility index (Phi) is 5.19. The summed E-state index contributed by atoms with van der Waals surface area (Å²) in [6.45, 7) is 3.25. The van der Waals surface area contributed by atoms with Gasteiger partial charge in [0.05, 0.1) is 17.2 Å². The third kappa shape index (κ3) is 3.42. The highest BCUT2D eigenvalue weighted by molar-refractivity contribution is 6.23. The van der Waals surface area contributed by atoms with E-state index in [0.717, 1.165) is 16.0 Å². The summed E-state index contributed by atoms with van der Waals surface area (Å²) in [5.41, 5.74) is 1.20. The Morgan fingerprint density at radius 2 is 1.13 bits per heavy atom. The fourth-order valence-electron chi connectivity index (χ4n) is 4.25. The molecule has 1 aliphatic heterocycles. The largest absolute Gasteiger partial charge is 0.333 e. The van der Waals surface area contributed by atoms with Crippen LogP contribution in [0.15, 0.2) is 84.9 Å². The molecule has 31 heavy (non-hydrogen) atoms. The van der Waals surface area contributed by atoms with Gasteiger partial charge in [0.2, 0.25) is 5.91 Å². The molecule has 0 radical (unpaired) electrons. The minimum atomic E-state index is -1.36. The second kappa shape index (κ2) is 7.84. The van der Waals surface area contributed by atoms with Crippen molar-refractivity contribution in [3.05, 3.63) is 107 Å². The van der Waals surface area contributed by atoms with Crippen LogP contribution < -0.4 is 0 Å². The van der Waals surface area contributed by atoms with Gasteiger partial charge in [0.15, 0.2) is 0 Å². The smallest absolute Gasteiger partial charge is 0.262 e. The van der Waals surface area contributed by atoms with Gasteiger partial charge in [-0.2, -0.15) is 0 Å². The monoisotopic (exact) mass is 412 g/mol. The zero-order valence-corrected chi connectivity index (χ0v) is 17.8. The van der Waals surface area contributed by atoms with Gasteiger partial charge in [-0.3, -0.25) is 19.3 Å². The zero-order chi connectivity index (χ0) is 22.2. The Morgan fingerprint density at radius 1 is 0.742 bits per heavy atom. The molecule has 0 saturated heterocycles. The minimum Gasteiger partial charge on any atom is -0.333 e. The van der Waals surface area contributed by atoms with Crippen LogP contribution in [-0.4, -0.2) is 40.1 Å². The number of nitrogens with zero attached hydrogens (tertiary/aromatic N) is 2. The van der Waals surface area contributed by atoms with Crippen molar-refractivity contribution in [2.24, 2.45) is 0 Å². The van der Waals surface area contributed by atoms with Crippen LogP contribution in [0.2, 0.25) is 0 Å². The molecule has 3 aromatic rings. The molecule has 5 nitrogen and oxygen atoms in total. The van der Waals surface area contributed by atoms with E-state index in [1.807, 2.05) is 60.7 Å². The molecule has 1 heterocycles. The van der Waals surface area contributed by atoms with E-state index in [0.29, 0.717) is 11.1 Å². The summed E-state index contributed by atoms with van der Waals surface area (Å²) < 4.78 is 0. The van der Waals surface area contributed by atoms with Crippen LogP contribution in [0, 0.1) is 0 Å². The molecule has 156 valence electrons. The zero-order valence-electron chi connectivity index (χ0n) is 17.8. The molecule has 5 heteroatoms. The molecule has 0 spiro atoms. The van der Waals surface area contributed by atoms with E-state index in [4.69, 9.17) is 0 Å². The van der Waals surface area contributed by atoms with E-state index >= 15 is 0 Å². The molecule has 0 fully saturated rings. The SMILES string of the molecule is CN(C(=O)C(C)(C)N1C(=O)c2ccccc2C1=O)C(c1ccccc1)c1ccccc1. The molecule has 3 aromatic carbocycles.